The standard InChI is InChI=1S/C12H15F3N4O2S/c1-3-17-11-10(12(13,14)15)4-9(7-18-11)22(20,21)19-6-8(2)5-16/h4,7-8,19H,3,6H2,1-2H3,(H,17,18). The maximum Gasteiger partial charge on any atom is 0.419 e. The number of hydrogen-bond acceptors (Lipinski definition) is 5. The first kappa shape index (κ1) is 18.2. The van der Waals surface area contributed by atoms with Crippen LogP contribution in [0.5, 0.6) is 0 Å². The second-order valence-corrected chi connectivity index (χ2v) is 6.24. The molecule has 1 aromatic heterocycles. The molecule has 0 aliphatic carbocycles. The summed E-state index contributed by atoms with van der Waals surface area (Å²) < 4.78 is 64.9. The van der Waals surface area contributed by atoms with E-state index in [2.05, 4.69) is 15.0 Å². The Hall–Kier alpha value is -1.86. The van der Waals surface area contributed by atoms with Gasteiger partial charge in [0.2, 0.25) is 10.0 Å². The summed E-state index contributed by atoms with van der Waals surface area (Å²) >= 11 is 0. The van der Waals surface area contributed by atoms with E-state index < -0.39 is 38.4 Å². The molecule has 122 valence electrons. The van der Waals surface area contributed by atoms with E-state index in [9.17, 15) is 21.6 Å². The molecule has 0 spiro atoms. The summed E-state index contributed by atoms with van der Waals surface area (Å²) in [6.07, 6.45) is -3.90. The Kier molecular flexibility index (Phi) is 5.73. The van der Waals surface area contributed by atoms with E-state index in [0.717, 1.165) is 6.20 Å². The topological polar surface area (TPSA) is 94.9 Å². The molecule has 0 aromatic carbocycles. The van der Waals surface area contributed by atoms with Crippen molar-refractivity contribution in [3.8, 4) is 6.07 Å². The second kappa shape index (κ2) is 6.93. The van der Waals surface area contributed by atoms with E-state index >= 15 is 0 Å². The van der Waals surface area contributed by atoms with Crippen molar-refractivity contribution in [2.45, 2.75) is 24.9 Å². The molecule has 0 amide bonds. The number of alkyl halides is 3. The zero-order valence-electron chi connectivity index (χ0n) is 11.9. The van der Waals surface area contributed by atoms with Crippen molar-refractivity contribution in [2.24, 2.45) is 5.92 Å². The highest BCUT2D eigenvalue weighted by Crippen LogP contribution is 2.34. The molecule has 1 unspecified atom stereocenters. The number of aromatic nitrogens is 1. The fraction of sp³-hybridized carbons (Fsp3) is 0.500. The molecule has 0 bridgehead atoms. The Labute approximate surface area is 126 Å². The minimum atomic E-state index is -4.74. The van der Waals surface area contributed by atoms with E-state index in [4.69, 9.17) is 5.26 Å². The van der Waals surface area contributed by atoms with Crippen LogP contribution in [-0.4, -0.2) is 26.5 Å². The molecule has 0 aliphatic heterocycles. The van der Waals surface area contributed by atoms with Crippen LogP contribution >= 0.6 is 0 Å². The zero-order valence-corrected chi connectivity index (χ0v) is 12.7. The van der Waals surface area contributed by atoms with Crippen molar-refractivity contribution >= 4 is 15.8 Å². The number of nitrogens with one attached hydrogen (secondary N) is 2. The van der Waals surface area contributed by atoms with Crippen molar-refractivity contribution in [1.82, 2.24) is 9.71 Å². The molecular weight excluding hydrogens is 321 g/mol. The van der Waals surface area contributed by atoms with Crippen molar-refractivity contribution < 1.29 is 21.6 Å². The minimum Gasteiger partial charge on any atom is -0.370 e. The number of nitriles is 1. The lowest BCUT2D eigenvalue weighted by molar-refractivity contribution is -0.137. The van der Waals surface area contributed by atoms with Gasteiger partial charge in [-0.15, -0.1) is 0 Å². The first-order valence-corrected chi connectivity index (χ1v) is 7.80. The van der Waals surface area contributed by atoms with Crippen molar-refractivity contribution in [3.63, 3.8) is 0 Å². The summed E-state index contributed by atoms with van der Waals surface area (Å²) in [6, 6.07) is 2.34. The van der Waals surface area contributed by atoms with Gasteiger partial charge in [-0.2, -0.15) is 18.4 Å². The number of anilines is 1. The molecule has 0 saturated carbocycles. The van der Waals surface area contributed by atoms with Gasteiger partial charge in [0.15, 0.2) is 0 Å². The van der Waals surface area contributed by atoms with Crippen molar-refractivity contribution in [2.75, 3.05) is 18.4 Å². The third-order valence-corrected chi connectivity index (χ3v) is 4.01. The largest absolute Gasteiger partial charge is 0.419 e. The van der Waals surface area contributed by atoms with Gasteiger partial charge in [0, 0.05) is 19.3 Å². The number of hydrogen-bond donors (Lipinski definition) is 2. The number of pyridine rings is 1. The molecule has 1 aromatic rings. The van der Waals surface area contributed by atoms with E-state index in [0.29, 0.717) is 6.07 Å². The van der Waals surface area contributed by atoms with Gasteiger partial charge >= 0.3 is 6.18 Å². The van der Waals surface area contributed by atoms with Gasteiger partial charge in [0.25, 0.3) is 0 Å². The molecule has 1 atom stereocenters. The highest BCUT2D eigenvalue weighted by atomic mass is 32.2. The lowest BCUT2D eigenvalue weighted by Gasteiger charge is -2.14. The van der Waals surface area contributed by atoms with Gasteiger partial charge in [-0.3, -0.25) is 0 Å². The van der Waals surface area contributed by atoms with Crippen molar-refractivity contribution in [3.05, 3.63) is 17.8 Å². The highest BCUT2D eigenvalue weighted by molar-refractivity contribution is 7.89. The maximum atomic E-state index is 13.0. The Morgan fingerprint density at radius 3 is 2.59 bits per heavy atom. The van der Waals surface area contributed by atoms with Crippen LogP contribution in [0.2, 0.25) is 0 Å². The smallest absolute Gasteiger partial charge is 0.370 e. The van der Waals surface area contributed by atoms with Crippen LogP contribution in [0.3, 0.4) is 0 Å². The first-order chi connectivity index (χ1) is 10.1. The van der Waals surface area contributed by atoms with E-state index in [1.807, 2.05) is 6.07 Å². The summed E-state index contributed by atoms with van der Waals surface area (Å²) in [5.74, 6) is -1.04. The van der Waals surface area contributed by atoms with Crippen LogP contribution < -0.4 is 10.0 Å². The first-order valence-electron chi connectivity index (χ1n) is 6.32. The van der Waals surface area contributed by atoms with Gasteiger partial charge in [-0.25, -0.2) is 18.1 Å². The third-order valence-electron chi connectivity index (χ3n) is 2.62. The fourth-order valence-electron chi connectivity index (χ4n) is 1.48. The summed E-state index contributed by atoms with van der Waals surface area (Å²) in [6.45, 7) is 3.09. The molecule has 0 fully saturated rings. The minimum absolute atomic E-state index is 0.199. The Bertz CT molecular complexity index is 668. The van der Waals surface area contributed by atoms with Gasteiger partial charge in [-0.1, -0.05) is 0 Å². The molecule has 10 heteroatoms. The van der Waals surface area contributed by atoms with Crippen molar-refractivity contribution in [1.29, 1.82) is 5.26 Å². The van der Waals surface area contributed by atoms with Gasteiger partial charge in [-0.05, 0) is 19.9 Å². The molecular formula is C12H15F3N4O2S. The average Bonchev–Trinajstić information content (AvgIpc) is 2.44. The number of rotatable bonds is 6. The van der Waals surface area contributed by atoms with Gasteiger partial charge in [0.05, 0.1) is 17.6 Å². The average molecular weight is 336 g/mol. The van der Waals surface area contributed by atoms with Crippen LogP contribution in [-0.2, 0) is 16.2 Å². The van der Waals surface area contributed by atoms with Crippen LogP contribution in [0.25, 0.3) is 0 Å². The highest BCUT2D eigenvalue weighted by Gasteiger charge is 2.35. The summed E-state index contributed by atoms with van der Waals surface area (Å²) in [5.41, 5.74) is -1.16. The number of halogens is 3. The maximum absolute atomic E-state index is 13.0. The Balaban J connectivity index is 3.19. The summed E-state index contributed by atoms with van der Waals surface area (Å²) in [4.78, 5) is 2.93. The molecule has 1 heterocycles. The van der Waals surface area contributed by atoms with Crippen LogP contribution in [0.4, 0.5) is 19.0 Å². The summed E-state index contributed by atoms with van der Waals surface area (Å²) in [5, 5.41) is 11.0. The molecule has 0 radical (unpaired) electrons. The molecule has 1 rings (SSSR count). The fourth-order valence-corrected chi connectivity index (χ4v) is 2.58. The SMILES string of the molecule is CCNc1ncc(S(=O)(=O)NCC(C)C#N)cc1C(F)(F)F. The quantitative estimate of drug-likeness (QED) is 0.828. The lowest BCUT2D eigenvalue weighted by atomic mass is 10.2. The predicted octanol–water partition coefficient (Wildman–Crippen LogP) is 1.97. The Morgan fingerprint density at radius 2 is 2.09 bits per heavy atom. The second-order valence-electron chi connectivity index (χ2n) is 4.48. The lowest BCUT2D eigenvalue weighted by Crippen LogP contribution is -2.28. The molecule has 0 aliphatic rings. The number of sulfonamides is 1. The molecule has 6 nitrogen and oxygen atoms in total. The van der Waals surface area contributed by atoms with Crippen LogP contribution in [0.15, 0.2) is 17.2 Å². The number of nitrogens with zero attached hydrogens (tertiary/aromatic N) is 2. The molecule has 0 saturated heterocycles. The zero-order chi connectivity index (χ0) is 17.0. The Morgan fingerprint density at radius 1 is 1.45 bits per heavy atom. The van der Waals surface area contributed by atoms with Crippen LogP contribution in [0.1, 0.15) is 19.4 Å². The predicted molar refractivity (Wildman–Crippen MR) is 73.4 cm³/mol. The van der Waals surface area contributed by atoms with Gasteiger partial charge in [0.1, 0.15) is 10.7 Å². The molecule has 2 N–H and O–H groups in total. The van der Waals surface area contributed by atoms with E-state index in [-0.39, 0.29) is 13.1 Å². The van der Waals surface area contributed by atoms with Gasteiger partial charge < -0.3 is 5.32 Å². The molecule has 22 heavy (non-hydrogen) atoms. The van der Waals surface area contributed by atoms with E-state index in [1.54, 1.807) is 6.92 Å². The third kappa shape index (κ3) is 4.57. The monoisotopic (exact) mass is 336 g/mol. The normalized spacial score (nSPS) is 13.5. The van der Waals surface area contributed by atoms with Crippen LogP contribution in [0, 0.1) is 17.2 Å². The summed E-state index contributed by atoms with van der Waals surface area (Å²) in [7, 11) is -4.17. The van der Waals surface area contributed by atoms with E-state index in [1.165, 1.54) is 6.92 Å².